The second-order valence-corrected chi connectivity index (χ2v) is 7.31. The summed E-state index contributed by atoms with van der Waals surface area (Å²) in [6, 6.07) is 22.1. The quantitative estimate of drug-likeness (QED) is 0.487. The minimum Gasteiger partial charge on any atom is -0.345 e. The van der Waals surface area contributed by atoms with E-state index in [0.29, 0.717) is 22.5 Å². The second kappa shape index (κ2) is 8.75. The minimum absolute atomic E-state index is 0.179. The van der Waals surface area contributed by atoms with Gasteiger partial charge < -0.3 is 5.32 Å². The van der Waals surface area contributed by atoms with Gasteiger partial charge in [0.25, 0.3) is 5.91 Å². The van der Waals surface area contributed by atoms with Gasteiger partial charge in [-0.15, -0.1) is 10.2 Å². The fraction of sp³-hybridized carbons (Fsp3) is 0.120. The number of nitrogens with zero attached hydrogens (tertiary/aromatic N) is 3. The van der Waals surface area contributed by atoms with Gasteiger partial charge in [0, 0.05) is 16.8 Å². The van der Waals surface area contributed by atoms with Crippen LogP contribution in [0.3, 0.4) is 0 Å². The fourth-order valence-corrected chi connectivity index (χ4v) is 3.36. The highest BCUT2D eigenvalue weighted by molar-refractivity contribution is 6.15. The summed E-state index contributed by atoms with van der Waals surface area (Å²) in [6.45, 7) is 4.15. The molecule has 1 N–H and O–H groups in total. The molecule has 0 spiro atoms. The first kappa shape index (κ1) is 20.2. The highest BCUT2D eigenvalue weighted by atomic mass is 16.2. The summed E-state index contributed by atoms with van der Waals surface area (Å²) in [5.41, 5.74) is 4.32. The van der Waals surface area contributed by atoms with Crippen molar-refractivity contribution in [1.82, 2.24) is 20.1 Å². The van der Waals surface area contributed by atoms with Crippen molar-refractivity contribution in [2.45, 2.75) is 20.4 Å². The van der Waals surface area contributed by atoms with Crippen LogP contribution in [0.2, 0.25) is 0 Å². The summed E-state index contributed by atoms with van der Waals surface area (Å²) in [5, 5.41) is 10.9. The Morgan fingerprint density at radius 1 is 0.871 bits per heavy atom. The highest BCUT2D eigenvalue weighted by Gasteiger charge is 2.19. The summed E-state index contributed by atoms with van der Waals surface area (Å²) in [7, 11) is 0. The molecule has 3 aromatic carbocycles. The van der Waals surface area contributed by atoms with Crippen LogP contribution in [0, 0.1) is 13.8 Å². The van der Waals surface area contributed by atoms with Gasteiger partial charge in [0.2, 0.25) is 0 Å². The number of hydrogen-bond donors (Lipinski definition) is 1. The van der Waals surface area contributed by atoms with Crippen molar-refractivity contribution < 1.29 is 9.59 Å². The zero-order valence-corrected chi connectivity index (χ0v) is 17.4. The maximum absolute atomic E-state index is 13.1. The summed E-state index contributed by atoms with van der Waals surface area (Å²) in [4.78, 5) is 26.0. The summed E-state index contributed by atoms with van der Waals surface area (Å²) in [5.74, 6) is 0.0780. The molecule has 1 aromatic heterocycles. The number of amides is 1. The van der Waals surface area contributed by atoms with Gasteiger partial charge in [0.05, 0.1) is 12.1 Å². The van der Waals surface area contributed by atoms with E-state index < -0.39 is 0 Å². The van der Waals surface area contributed by atoms with Crippen LogP contribution >= 0.6 is 0 Å². The van der Waals surface area contributed by atoms with Crippen LogP contribution < -0.4 is 5.32 Å². The van der Waals surface area contributed by atoms with Crippen molar-refractivity contribution in [2.75, 3.05) is 0 Å². The second-order valence-electron chi connectivity index (χ2n) is 7.31. The van der Waals surface area contributed by atoms with Gasteiger partial charge in [-0.05, 0) is 49.2 Å². The van der Waals surface area contributed by atoms with Gasteiger partial charge in [-0.2, -0.15) is 0 Å². The van der Waals surface area contributed by atoms with Crippen LogP contribution in [-0.2, 0) is 6.54 Å². The smallest absolute Gasteiger partial charge is 0.252 e. The molecule has 0 aliphatic heterocycles. The lowest BCUT2D eigenvalue weighted by Crippen LogP contribution is -2.26. The van der Waals surface area contributed by atoms with Crippen molar-refractivity contribution in [3.63, 3.8) is 0 Å². The number of carbonyl (C=O) groups is 2. The van der Waals surface area contributed by atoms with Crippen molar-refractivity contribution in [1.29, 1.82) is 0 Å². The largest absolute Gasteiger partial charge is 0.345 e. The van der Waals surface area contributed by atoms with E-state index in [0.717, 1.165) is 16.8 Å². The van der Waals surface area contributed by atoms with Crippen LogP contribution in [0.1, 0.15) is 43.2 Å². The SMILES string of the molecule is Cc1ccc(C(=O)c2ccccc2C(=O)NCc2nncn2-c2ccccc2)cc1C. The lowest BCUT2D eigenvalue weighted by atomic mass is 9.95. The fourth-order valence-electron chi connectivity index (χ4n) is 3.36. The number of hydrogen-bond acceptors (Lipinski definition) is 4. The molecular weight excluding hydrogens is 388 g/mol. The van der Waals surface area contributed by atoms with Gasteiger partial charge in [0.15, 0.2) is 11.6 Å². The van der Waals surface area contributed by atoms with Crippen molar-refractivity contribution in [2.24, 2.45) is 0 Å². The van der Waals surface area contributed by atoms with Gasteiger partial charge >= 0.3 is 0 Å². The van der Waals surface area contributed by atoms with Crippen LogP contribution in [-0.4, -0.2) is 26.5 Å². The van der Waals surface area contributed by atoms with E-state index in [2.05, 4.69) is 15.5 Å². The summed E-state index contributed by atoms with van der Waals surface area (Å²) in [6.07, 6.45) is 1.61. The Labute approximate surface area is 180 Å². The van der Waals surface area contributed by atoms with Crippen LogP contribution in [0.4, 0.5) is 0 Å². The third-order valence-corrected chi connectivity index (χ3v) is 5.25. The third-order valence-electron chi connectivity index (χ3n) is 5.25. The maximum atomic E-state index is 13.1. The number of rotatable bonds is 6. The van der Waals surface area contributed by atoms with Gasteiger partial charge in [-0.25, -0.2) is 0 Å². The molecule has 1 amide bonds. The molecule has 0 saturated carbocycles. The molecule has 0 unspecified atom stereocenters. The van der Waals surface area contributed by atoms with Crippen molar-refractivity contribution in [3.8, 4) is 5.69 Å². The predicted octanol–water partition coefficient (Wildman–Crippen LogP) is 4.05. The molecule has 0 radical (unpaired) electrons. The molecule has 0 atom stereocenters. The normalized spacial score (nSPS) is 10.6. The Morgan fingerprint density at radius 2 is 1.58 bits per heavy atom. The van der Waals surface area contributed by atoms with Crippen molar-refractivity contribution in [3.05, 3.63) is 113 Å². The first-order chi connectivity index (χ1) is 15.0. The average Bonchev–Trinajstić information content (AvgIpc) is 3.28. The Balaban J connectivity index is 1.55. The Morgan fingerprint density at radius 3 is 2.32 bits per heavy atom. The zero-order chi connectivity index (χ0) is 21.8. The number of benzene rings is 3. The predicted molar refractivity (Wildman–Crippen MR) is 118 cm³/mol. The first-order valence-electron chi connectivity index (χ1n) is 9.98. The number of carbonyl (C=O) groups excluding carboxylic acids is 2. The molecule has 6 heteroatoms. The Hall–Kier alpha value is -4.06. The van der Waals surface area contributed by atoms with Crippen LogP contribution in [0.25, 0.3) is 5.69 Å². The minimum atomic E-state index is -0.338. The van der Waals surface area contributed by atoms with Gasteiger partial charge in [0.1, 0.15) is 6.33 Å². The Kier molecular flexibility index (Phi) is 5.71. The van der Waals surface area contributed by atoms with E-state index in [1.54, 1.807) is 36.7 Å². The van der Waals surface area contributed by atoms with E-state index in [1.807, 2.05) is 60.9 Å². The number of aryl methyl sites for hydroxylation is 2. The first-order valence-corrected chi connectivity index (χ1v) is 9.98. The molecule has 1 heterocycles. The molecule has 0 saturated heterocycles. The van der Waals surface area contributed by atoms with Crippen molar-refractivity contribution >= 4 is 11.7 Å². The topological polar surface area (TPSA) is 76.9 Å². The number of ketones is 1. The van der Waals surface area contributed by atoms with Gasteiger partial charge in [-0.1, -0.05) is 48.5 Å². The number of nitrogens with one attached hydrogen (secondary N) is 1. The summed E-state index contributed by atoms with van der Waals surface area (Å²) >= 11 is 0. The third kappa shape index (κ3) is 4.28. The molecule has 4 aromatic rings. The van der Waals surface area contributed by atoms with E-state index in [4.69, 9.17) is 0 Å². The molecule has 4 rings (SSSR count). The van der Waals surface area contributed by atoms with Gasteiger partial charge in [-0.3, -0.25) is 14.2 Å². The zero-order valence-electron chi connectivity index (χ0n) is 17.4. The maximum Gasteiger partial charge on any atom is 0.252 e. The molecule has 31 heavy (non-hydrogen) atoms. The molecule has 6 nitrogen and oxygen atoms in total. The Bertz CT molecular complexity index is 1250. The van der Waals surface area contributed by atoms with E-state index in [-0.39, 0.29) is 18.2 Å². The molecule has 0 aliphatic carbocycles. The standard InChI is InChI=1S/C25H22N4O2/c1-17-12-13-19(14-18(17)2)24(30)21-10-6-7-11-22(21)25(31)26-15-23-28-27-16-29(23)20-8-4-3-5-9-20/h3-14,16H,15H2,1-2H3,(H,26,31). The number of para-hydroxylation sites is 1. The molecule has 0 aliphatic rings. The van der Waals surface area contributed by atoms with Crippen LogP contribution in [0.5, 0.6) is 0 Å². The van der Waals surface area contributed by atoms with E-state index in [9.17, 15) is 9.59 Å². The number of aromatic nitrogens is 3. The van der Waals surface area contributed by atoms with E-state index in [1.165, 1.54) is 0 Å². The van der Waals surface area contributed by atoms with E-state index >= 15 is 0 Å². The molecule has 0 fully saturated rings. The molecule has 0 bridgehead atoms. The molecule has 154 valence electrons. The monoisotopic (exact) mass is 410 g/mol. The lowest BCUT2D eigenvalue weighted by molar-refractivity contribution is 0.0938. The highest BCUT2D eigenvalue weighted by Crippen LogP contribution is 2.18. The van der Waals surface area contributed by atoms with Crippen LogP contribution in [0.15, 0.2) is 79.1 Å². The summed E-state index contributed by atoms with van der Waals surface area (Å²) < 4.78 is 1.81. The lowest BCUT2D eigenvalue weighted by Gasteiger charge is -2.11. The molecular formula is C25H22N4O2. The average molecular weight is 410 g/mol.